The maximum Gasteiger partial charge on any atom is 0.357 e. The SMILES string of the molecule is O=C1OC(CC(O)O)C2=C1Nc1ccccc1N2. The van der Waals surface area contributed by atoms with E-state index in [1.165, 1.54) is 0 Å². The zero-order valence-corrected chi connectivity index (χ0v) is 9.38. The van der Waals surface area contributed by atoms with Crippen LogP contribution in [0, 0.1) is 0 Å². The van der Waals surface area contributed by atoms with Crippen LogP contribution in [0.4, 0.5) is 11.4 Å². The molecule has 1 aromatic carbocycles. The van der Waals surface area contributed by atoms with Gasteiger partial charge >= 0.3 is 5.97 Å². The fourth-order valence-corrected chi connectivity index (χ4v) is 2.12. The summed E-state index contributed by atoms with van der Waals surface area (Å²) in [5.41, 5.74) is 2.50. The van der Waals surface area contributed by atoms with E-state index in [0.29, 0.717) is 11.4 Å². The van der Waals surface area contributed by atoms with Crippen LogP contribution < -0.4 is 10.6 Å². The summed E-state index contributed by atoms with van der Waals surface area (Å²) in [7, 11) is 0. The fourth-order valence-electron chi connectivity index (χ4n) is 2.12. The number of ether oxygens (including phenoxy) is 1. The summed E-state index contributed by atoms with van der Waals surface area (Å²) in [4.78, 5) is 11.7. The van der Waals surface area contributed by atoms with E-state index in [9.17, 15) is 4.79 Å². The molecule has 0 aromatic heterocycles. The first kappa shape index (κ1) is 11.1. The van der Waals surface area contributed by atoms with Gasteiger partial charge in [-0.05, 0) is 12.1 Å². The molecule has 3 rings (SSSR count). The minimum Gasteiger partial charge on any atom is -0.451 e. The molecule has 0 aliphatic carbocycles. The minimum atomic E-state index is -1.52. The van der Waals surface area contributed by atoms with Crippen LogP contribution in [-0.2, 0) is 9.53 Å². The van der Waals surface area contributed by atoms with E-state index in [4.69, 9.17) is 14.9 Å². The average Bonchev–Trinajstić information content (AvgIpc) is 2.63. The quantitative estimate of drug-likeness (QED) is 0.446. The molecule has 2 aliphatic heterocycles. The molecule has 1 unspecified atom stereocenters. The highest BCUT2D eigenvalue weighted by molar-refractivity contribution is 5.99. The summed E-state index contributed by atoms with van der Waals surface area (Å²) in [6.07, 6.45) is -2.23. The number of carbonyl (C=O) groups is 1. The molecule has 4 N–H and O–H groups in total. The van der Waals surface area contributed by atoms with Crippen molar-refractivity contribution < 1.29 is 19.7 Å². The third-order valence-electron chi connectivity index (χ3n) is 2.93. The van der Waals surface area contributed by atoms with Gasteiger partial charge in [0, 0.05) is 6.42 Å². The number of hydrogen-bond donors (Lipinski definition) is 4. The third-order valence-corrected chi connectivity index (χ3v) is 2.93. The number of esters is 1. The monoisotopic (exact) mass is 248 g/mol. The van der Waals surface area contributed by atoms with Crippen LogP contribution in [0.15, 0.2) is 35.7 Å². The molecule has 94 valence electrons. The van der Waals surface area contributed by atoms with Crippen molar-refractivity contribution in [2.24, 2.45) is 0 Å². The van der Waals surface area contributed by atoms with Crippen LogP contribution in [0.2, 0.25) is 0 Å². The van der Waals surface area contributed by atoms with Gasteiger partial charge in [-0.15, -0.1) is 0 Å². The first-order valence-corrected chi connectivity index (χ1v) is 5.59. The van der Waals surface area contributed by atoms with Crippen molar-refractivity contribution in [2.45, 2.75) is 18.8 Å². The fraction of sp³-hybridized carbons (Fsp3) is 0.250. The second-order valence-electron chi connectivity index (χ2n) is 4.19. The smallest absolute Gasteiger partial charge is 0.357 e. The van der Waals surface area contributed by atoms with E-state index < -0.39 is 18.4 Å². The van der Waals surface area contributed by atoms with Gasteiger partial charge in [0.1, 0.15) is 11.8 Å². The molecule has 0 amide bonds. The number of benzene rings is 1. The van der Waals surface area contributed by atoms with Crippen molar-refractivity contribution in [2.75, 3.05) is 10.6 Å². The number of aliphatic hydroxyl groups is 2. The molecule has 18 heavy (non-hydrogen) atoms. The topological polar surface area (TPSA) is 90.8 Å². The Hall–Kier alpha value is -2.05. The number of carbonyl (C=O) groups excluding carboxylic acids is 1. The van der Waals surface area contributed by atoms with E-state index in [2.05, 4.69) is 10.6 Å². The summed E-state index contributed by atoms with van der Waals surface area (Å²) >= 11 is 0. The highest BCUT2D eigenvalue weighted by atomic mass is 16.6. The number of cyclic esters (lactones) is 1. The van der Waals surface area contributed by atoms with E-state index >= 15 is 0 Å². The molecule has 0 saturated heterocycles. The Morgan fingerprint density at radius 2 is 1.89 bits per heavy atom. The van der Waals surface area contributed by atoms with Crippen LogP contribution in [0.25, 0.3) is 0 Å². The van der Waals surface area contributed by atoms with Gasteiger partial charge in [-0.3, -0.25) is 0 Å². The summed E-state index contributed by atoms with van der Waals surface area (Å²) in [5, 5.41) is 24.0. The first-order valence-electron chi connectivity index (χ1n) is 5.59. The van der Waals surface area contributed by atoms with Crippen LogP contribution in [0.1, 0.15) is 6.42 Å². The van der Waals surface area contributed by atoms with Crippen molar-refractivity contribution in [1.29, 1.82) is 0 Å². The number of anilines is 2. The van der Waals surface area contributed by atoms with E-state index in [1.54, 1.807) is 0 Å². The van der Waals surface area contributed by atoms with Crippen molar-refractivity contribution in [3.8, 4) is 0 Å². The lowest BCUT2D eigenvalue weighted by molar-refractivity contribution is -0.143. The zero-order chi connectivity index (χ0) is 12.7. The standard InChI is InChI=1S/C12H12N2O4/c15-9(16)5-8-10-11(12(17)18-8)14-7-4-2-1-3-6(7)13-10/h1-4,8-9,13-16H,5H2. The molecular formula is C12H12N2O4. The maximum atomic E-state index is 11.7. The largest absolute Gasteiger partial charge is 0.451 e. The van der Waals surface area contributed by atoms with E-state index in [0.717, 1.165) is 11.4 Å². The van der Waals surface area contributed by atoms with Crippen LogP contribution in [0.3, 0.4) is 0 Å². The van der Waals surface area contributed by atoms with E-state index in [1.807, 2.05) is 24.3 Å². The lowest BCUT2D eigenvalue weighted by Crippen LogP contribution is -2.24. The first-order chi connectivity index (χ1) is 8.65. The Morgan fingerprint density at radius 3 is 2.56 bits per heavy atom. The summed E-state index contributed by atoms with van der Waals surface area (Å²) in [6.45, 7) is 0. The lowest BCUT2D eigenvalue weighted by Gasteiger charge is -2.22. The van der Waals surface area contributed by atoms with Gasteiger partial charge in [0.05, 0.1) is 17.1 Å². The number of para-hydroxylation sites is 2. The van der Waals surface area contributed by atoms with Gasteiger partial charge in [-0.1, -0.05) is 12.1 Å². The van der Waals surface area contributed by atoms with Gasteiger partial charge in [-0.2, -0.15) is 0 Å². The van der Waals surface area contributed by atoms with Crippen molar-refractivity contribution in [3.63, 3.8) is 0 Å². The van der Waals surface area contributed by atoms with E-state index in [-0.39, 0.29) is 6.42 Å². The Kier molecular flexibility index (Phi) is 2.46. The maximum absolute atomic E-state index is 11.7. The summed E-state index contributed by atoms with van der Waals surface area (Å²) < 4.78 is 5.09. The number of fused-ring (bicyclic) bond motifs is 1. The molecule has 1 aromatic rings. The van der Waals surface area contributed by atoms with Crippen LogP contribution in [-0.4, -0.2) is 28.6 Å². The van der Waals surface area contributed by atoms with Crippen molar-refractivity contribution in [3.05, 3.63) is 35.7 Å². The molecule has 0 saturated carbocycles. The second-order valence-corrected chi connectivity index (χ2v) is 4.19. The Bertz CT molecular complexity index is 539. The predicted molar refractivity (Wildman–Crippen MR) is 63.4 cm³/mol. The number of nitrogens with one attached hydrogen (secondary N) is 2. The molecule has 0 fully saturated rings. The summed E-state index contributed by atoms with van der Waals surface area (Å²) in [6, 6.07) is 7.43. The van der Waals surface area contributed by atoms with Gasteiger partial charge in [-0.25, -0.2) is 4.79 Å². The number of aliphatic hydroxyl groups excluding tert-OH is 1. The van der Waals surface area contributed by atoms with Gasteiger partial charge in [0.25, 0.3) is 0 Å². The molecule has 0 spiro atoms. The molecule has 6 heteroatoms. The minimum absolute atomic E-state index is 0.0541. The molecule has 2 heterocycles. The van der Waals surface area contributed by atoms with Gasteiger partial charge in [0.15, 0.2) is 6.29 Å². The Labute approximate surface area is 103 Å². The second kappa shape index (κ2) is 4.01. The predicted octanol–water partition coefficient (Wildman–Crippen LogP) is 0.362. The molecule has 1 atom stereocenters. The van der Waals surface area contributed by atoms with Crippen molar-refractivity contribution in [1.82, 2.24) is 0 Å². The van der Waals surface area contributed by atoms with Crippen LogP contribution >= 0.6 is 0 Å². The Balaban J connectivity index is 1.93. The molecular weight excluding hydrogens is 236 g/mol. The van der Waals surface area contributed by atoms with Crippen LogP contribution in [0.5, 0.6) is 0 Å². The lowest BCUT2D eigenvalue weighted by atomic mass is 10.1. The molecule has 0 radical (unpaired) electrons. The van der Waals surface area contributed by atoms with Gasteiger partial charge in [0.2, 0.25) is 0 Å². The zero-order valence-electron chi connectivity index (χ0n) is 9.38. The summed E-state index contributed by atoms with van der Waals surface area (Å²) in [5.74, 6) is -0.488. The van der Waals surface area contributed by atoms with Gasteiger partial charge < -0.3 is 25.6 Å². The number of rotatable bonds is 2. The molecule has 2 aliphatic rings. The van der Waals surface area contributed by atoms with Crippen molar-refractivity contribution >= 4 is 17.3 Å². The third kappa shape index (κ3) is 1.71. The molecule has 6 nitrogen and oxygen atoms in total. The Morgan fingerprint density at radius 1 is 1.22 bits per heavy atom. The normalized spacial score (nSPS) is 21.1. The average molecular weight is 248 g/mol. The number of hydrogen-bond acceptors (Lipinski definition) is 6. The molecule has 0 bridgehead atoms. The highest BCUT2D eigenvalue weighted by Crippen LogP contribution is 2.36. The highest BCUT2D eigenvalue weighted by Gasteiger charge is 2.38.